The number of pyridine rings is 1. The third kappa shape index (κ3) is 5.73. The predicted octanol–water partition coefficient (Wildman–Crippen LogP) is 5.06. The Morgan fingerprint density at radius 1 is 0.838 bits per heavy atom. The molecule has 10 nitrogen and oxygen atoms in total. The molecule has 2 N–H and O–H groups in total. The molecule has 0 atom stereocenters. The minimum Gasteiger partial charge on any atom is -0.406 e. The van der Waals surface area contributed by atoms with Gasteiger partial charge in [-0.05, 0) is 60.7 Å². The number of halogens is 3. The van der Waals surface area contributed by atoms with Gasteiger partial charge in [-0.3, -0.25) is 14.9 Å². The number of nitrogens with zero attached hydrogens (tertiary/aromatic N) is 6. The number of alkyl halides is 3. The molecule has 5 aromatic rings. The number of amides is 2. The molecule has 5 rings (SSSR count). The molecule has 0 saturated carbocycles. The van der Waals surface area contributed by atoms with Crippen molar-refractivity contribution in [2.75, 3.05) is 10.6 Å². The van der Waals surface area contributed by atoms with Crippen LogP contribution in [0.2, 0.25) is 0 Å². The number of rotatable bonds is 6. The van der Waals surface area contributed by atoms with E-state index in [4.69, 9.17) is 0 Å². The molecule has 0 unspecified atom stereocenters. The fraction of sp³-hybridized carbons (Fsp3) is 0.0417. The second-order valence-corrected chi connectivity index (χ2v) is 7.54. The Labute approximate surface area is 207 Å². The molecule has 0 fully saturated rings. The Balaban J connectivity index is 1.22. The third-order valence-corrected chi connectivity index (χ3v) is 5.03. The van der Waals surface area contributed by atoms with Gasteiger partial charge in [0.15, 0.2) is 5.82 Å². The van der Waals surface area contributed by atoms with Crippen LogP contribution >= 0.6 is 0 Å². The van der Waals surface area contributed by atoms with Crippen molar-refractivity contribution in [3.05, 3.63) is 91.8 Å². The molecule has 0 spiro atoms. The maximum absolute atomic E-state index is 12.5. The van der Waals surface area contributed by atoms with Crippen LogP contribution in [0.5, 0.6) is 5.75 Å². The minimum atomic E-state index is -4.76. The van der Waals surface area contributed by atoms with Gasteiger partial charge in [-0.2, -0.15) is 0 Å². The van der Waals surface area contributed by atoms with Crippen LogP contribution in [0.15, 0.2) is 91.8 Å². The second kappa shape index (κ2) is 9.81. The van der Waals surface area contributed by atoms with E-state index in [-0.39, 0.29) is 5.75 Å². The predicted molar refractivity (Wildman–Crippen MR) is 127 cm³/mol. The number of nitrogens with one attached hydrogen (secondary N) is 2. The van der Waals surface area contributed by atoms with Gasteiger partial charge in [0.05, 0.1) is 11.4 Å². The number of carbonyl (C=O) groups excluding carboxylic acids is 1. The maximum atomic E-state index is 12.5. The Morgan fingerprint density at radius 3 is 2.27 bits per heavy atom. The number of hydrogen-bond donors (Lipinski definition) is 2. The molecule has 0 aliphatic heterocycles. The maximum Gasteiger partial charge on any atom is 0.573 e. The molecule has 13 heteroatoms. The summed E-state index contributed by atoms with van der Waals surface area (Å²) in [5, 5.41) is 9.80. The highest BCUT2D eigenvalue weighted by molar-refractivity contribution is 5.99. The summed E-state index contributed by atoms with van der Waals surface area (Å²) in [6.07, 6.45) is 3.26. The molecule has 3 aromatic heterocycles. The lowest BCUT2D eigenvalue weighted by atomic mass is 10.2. The zero-order chi connectivity index (χ0) is 25.8. The first-order valence-electron chi connectivity index (χ1n) is 10.7. The summed E-state index contributed by atoms with van der Waals surface area (Å²) in [5.74, 6) is 0.407. The molecule has 2 amide bonds. The van der Waals surface area contributed by atoms with Crippen molar-refractivity contribution in [2.45, 2.75) is 6.36 Å². The van der Waals surface area contributed by atoms with Crippen LogP contribution in [-0.4, -0.2) is 41.7 Å². The van der Waals surface area contributed by atoms with Gasteiger partial charge < -0.3 is 10.1 Å². The highest BCUT2D eigenvalue weighted by Gasteiger charge is 2.31. The lowest BCUT2D eigenvalue weighted by Gasteiger charge is -2.10. The molecular weight excluding hydrogens is 489 g/mol. The average molecular weight is 506 g/mol. The van der Waals surface area contributed by atoms with E-state index >= 15 is 0 Å². The molecule has 0 radical (unpaired) electrons. The molecule has 0 aliphatic carbocycles. The number of aromatic nitrogens is 6. The van der Waals surface area contributed by atoms with Crippen molar-refractivity contribution in [3.8, 4) is 28.5 Å². The summed E-state index contributed by atoms with van der Waals surface area (Å²) in [6.45, 7) is 0. The molecule has 0 bridgehead atoms. The number of carbonyl (C=O) groups is 1. The summed E-state index contributed by atoms with van der Waals surface area (Å²) in [4.78, 5) is 24.9. The number of urea groups is 1. The molecule has 186 valence electrons. The SMILES string of the molecule is O=C(Nc1ccc(-c2ncn(-c3ccc(OC(F)(F)F)cc3)n2)cc1)Nc1nccn1-c1ccncc1. The highest BCUT2D eigenvalue weighted by Crippen LogP contribution is 2.24. The van der Waals surface area contributed by atoms with Gasteiger partial charge in [-0.1, -0.05) is 0 Å². The van der Waals surface area contributed by atoms with Crippen LogP contribution < -0.4 is 15.4 Å². The highest BCUT2D eigenvalue weighted by atomic mass is 19.4. The van der Waals surface area contributed by atoms with Crippen LogP contribution in [0.3, 0.4) is 0 Å². The van der Waals surface area contributed by atoms with E-state index < -0.39 is 12.4 Å². The number of hydrogen-bond acceptors (Lipinski definition) is 6. The van der Waals surface area contributed by atoms with Crippen molar-refractivity contribution >= 4 is 17.7 Å². The topological polar surface area (TPSA) is 112 Å². The smallest absolute Gasteiger partial charge is 0.406 e. The fourth-order valence-electron chi connectivity index (χ4n) is 3.40. The monoisotopic (exact) mass is 506 g/mol. The molecule has 2 aromatic carbocycles. The third-order valence-electron chi connectivity index (χ3n) is 5.03. The standard InChI is InChI=1S/C24H17F3N8O2/c25-24(26,27)37-20-7-5-19(6-8-20)35-15-30-21(33-35)16-1-3-17(4-2-16)31-23(36)32-22-29-13-14-34(22)18-9-11-28-12-10-18/h1-15H,(H2,29,31,32,36). The van der Waals surface area contributed by atoms with Gasteiger partial charge in [0.2, 0.25) is 5.95 Å². The Bertz CT molecular complexity index is 1500. The fourth-order valence-corrected chi connectivity index (χ4v) is 3.40. The van der Waals surface area contributed by atoms with Crippen LogP contribution in [0.4, 0.5) is 29.6 Å². The Kier molecular flexibility index (Phi) is 6.24. The van der Waals surface area contributed by atoms with Crippen molar-refractivity contribution < 1.29 is 22.7 Å². The van der Waals surface area contributed by atoms with E-state index in [2.05, 4.69) is 35.4 Å². The van der Waals surface area contributed by atoms with E-state index in [1.165, 1.54) is 35.3 Å². The summed E-state index contributed by atoms with van der Waals surface area (Å²) < 4.78 is 44.0. The first kappa shape index (κ1) is 23.5. The largest absolute Gasteiger partial charge is 0.573 e. The van der Waals surface area contributed by atoms with Gasteiger partial charge in [0.25, 0.3) is 0 Å². The van der Waals surface area contributed by atoms with Gasteiger partial charge >= 0.3 is 12.4 Å². The minimum absolute atomic E-state index is 0.329. The van der Waals surface area contributed by atoms with Crippen molar-refractivity contribution in [1.82, 2.24) is 29.3 Å². The number of anilines is 2. The lowest BCUT2D eigenvalue weighted by molar-refractivity contribution is -0.274. The van der Waals surface area contributed by atoms with Crippen LogP contribution in [0.25, 0.3) is 22.8 Å². The van der Waals surface area contributed by atoms with E-state index in [1.807, 2.05) is 0 Å². The zero-order valence-electron chi connectivity index (χ0n) is 18.8. The number of benzene rings is 2. The number of imidazole rings is 1. The van der Waals surface area contributed by atoms with Gasteiger partial charge in [-0.15, -0.1) is 18.3 Å². The van der Waals surface area contributed by atoms with Crippen molar-refractivity contribution in [2.24, 2.45) is 0 Å². The second-order valence-electron chi connectivity index (χ2n) is 7.54. The van der Waals surface area contributed by atoms with Crippen LogP contribution in [-0.2, 0) is 0 Å². The Morgan fingerprint density at radius 2 is 1.57 bits per heavy atom. The van der Waals surface area contributed by atoms with E-state index in [0.29, 0.717) is 28.7 Å². The summed E-state index contributed by atoms with van der Waals surface area (Å²) >= 11 is 0. The summed E-state index contributed by atoms with van der Waals surface area (Å²) in [6, 6.07) is 15.2. The number of ether oxygens (including phenoxy) is 1. The molecule has 3 heterocycles. The lowest BCUT2D eigenvalue weighted by Crippen LogP contribution is -2.21. The average Bonchev–Trinajstić information content (AvgIpc) is 3.55. The van der Waals surface area contributed by atoms with Gasteiger partial charge in [-0.25, -0.2) is 19.4 Å². The Hall–Kier alpha value is -5.20. The summed E-state index contributed by atoms with van der Waals surface area (Å²) in [7, 11) is 0. The molecule has 0 saturated heterocycles. The van der Waals surface area contributed by atoms with E-state index in [1.54, 1.807) is 65.8 Å². The van der Waals surface area contributed by atoms with Crippen LogP contribution in [0, 0.1) is 0 Å². The van der Waals surface area contributed by atoms with Crippen molar-refractivity contribution in [3.63, 3.8) is 0 Å². The van der Waals surface area contributed by atoms with E-state index in [0.717, 1.165) is 5.69 Å². The van der Waals surface area contributed by atoms with Gasteiger partial charge in [0.1, 0.15) is 12.1 Å². The first-order valence-corrected chi connectivity index (χ1v) is 10.7. The molecule has 37 heavy (non-hydrogen) atoms. The molecule has 0 aliphatic rings. The first-order chi connectivity index (χ1) is 17.8. The molecular formula is C24H17F3N8O2. The van der Waals surface area contributed by atoms with E-state index in [9.17, 15) is 18.0 Å². The quantitative estimate of drug-likeness (QED) is 0.333. The summed E-state index contributed by atoms with van der Waals surface area (Å²) in [5.41, 5.74) is 2.51. The van der Waals surface area contributed by atoms with Crippen LogP contribution in [0.1, 0.15) is 0 Å². The zero-order valence-corrected chi connectivity index (χ0v) is 18.8. The van der Waals surface area contributed by atoms with Crippen molar-refractivity contribution in [1.29, 1.82) is 0 Å². The normalized spacial score (nSPS) is 11.2. The van der Waals surface area contributed by atoms with Gasteiger partial charge in [0, 0.05) is 36.0 Å².